The molecule has 118 valence electrons. The van der Waals surface area contributed by atoms with E-state index in [2.05, 4.69) is 0 Å². The van der Waals surface area contributed by atoms with E-state index in [1.165, 1.54) is 12.3 Å². The molecule has 10 heteroatoms. The zero-order valence-corrected chi connectivity index (χ0v) is 10.6. The zero-order valence-electron chi connectivity index (χ0n) is 10.6. The number of halogens is 3. The van der Waals surface area contributed by atoms with Gasteiger partial charge in [-0.1, -0.05) is 0 Å². The highest BCUT2D eigenvalue weighted by Crippen LogP contribution is 2.12. The van der Waals surface area contributed by atoms with Gasteiger partial charge in [-0.2, -0.15) is 13.2 Å². The third-order valence-electron chi connectivity index (χ3n) is 2.08. The van der Waals surface area contributed by atoms with E-state index in [1.807, 2.05) is 0 Å². The van der Waals surface area contributed by atoms with Crippen LogP contribution in [0.1, 0.15) is 16.8 Å². The first-order valence-corrected chi connectivity index (χ1v) is 5.53. The number of rotatable bonds is 4. The number of aromatic carboxylic acids is 1. The van der Waals surface area contributed by atoms with Gasteiger partial charge in [-0.3, -0.25) is 0 Å². The van der Waals surface area contributed by atoms with Crippen LogP contribution in [0.2, 0.25) is 0 Å². The standard InChI is InChI=1S/C9H12N2O3.C2HF3O2/c10-3-1-4-11-5-2-7(9(13)14)8(12)6-11;3-2(4,5)1(6)7/h2,5-6H,1,3-4,10H2,(H-,12,13,14);(H,6,7). The first-order valence-electron chi connectivity index (χ1n) is 5.53. The molecule has 0 aliphatic carbocycles. The third-order valence-corrected chi connectivity index (χ3v) is 2.08. The van der Waals surface area contributed by atoms with Crippen LogP contribution in [0.3, 0.4) is 0 Å². The lowest BCUT2D eigenvalue weighted by Gasteiger charge is -2.03. The molecule has 0 bridgehead atoms. The molecule has 0 aliphatic heterocycles. The summed E-state index contributed by atoms with van der Waals surface area (Å²) in [7, 11) is 0. The van der Waals surface area contributed by atoms with E-state index in [0.29, 0.717) is 13.1 Å². The highest BCUT2D eigenvalue weighted by Gasteiger charge is 2.28. The number of aromatic nitrogens is 1. The Morgan fingerprint density at radius 3 is 2.24 bits per heavy atom. The summed E-state index contributed by atoms with van der Waals surface area (Å²) in [5.41, 5.74) is 5.23. The summed E-state index contributed by atoms with van der Waals surface area (Å²) in [4.78, 5) is 19.3. The van der Waals surface area contributed by atoms with Crippen molar-refractivity contribution < 1.29 is 42.6 Å². The van der Waals surface area contributed by atoms with Crippen LogP contribution in [0, 0.1) is 0 Å². The van der Waals surface area contributed by atoms with Gasteiger partial charge in [0.1, 0.15) is 18.1 Å². The Bertz CT molecular complexity index is 505. The van der Waals surface area contributed by atoms with Crippen molar-refractivity contribution in [3.8, 4) is 5.75 Å². The van der Waals surface area contributed by atoms with Crippen LogP contribution >= 0.6 is 0 Å². The molecule has 1 aromatic rings. The van der Waals surface area contributed by atoms with Crippen molar-refractivity contribution in [1.29, 1.82) is 0 Å². The van der Waals surface area contributed by atoms with Crippen LogP contribution in [0.4, 0.5) is 13.2 Å². The number of pyridine rings is 1. The molecule has 0 saturated carbocycles. The smallest absolute Gasteiger partial charge is 0.430 e. The van der Waals surface area contributed by atoms with Gasteiger partial charge in [0.25, 0.3) is 0 Å². The second kappa shape index (κ2) is 8.04. The van der Waals surface area contributed by atoms with Gasteiger partial charge < -0.3 is 25.8 Å². The average Bonchev–Trinajstić information content (AvgIpc) is 2.35. The van der Waals surface area contributed by atoms with E-state index >= 15 is 0 Å². The molecule has 0 radical (unpaired) electrons. The van der Waals surface area contributed by atoms with Crippen molar-refractivity contribution in [3.05, 3.63) is 24.0 Å². The minimum Gasteiger partial charge on any atom is -0.542 e. The minimum atomic E-state index is -5.19. The van der Waals surface area contributed by atoms with Gasteiger partial charge in [-0.05, 0) is 6.54 Å². The topological polar surface area (TPSA) is 128 Å². The number of aromatic hydroxyl groups is 1. The number of nitrogens with zero attached hydrogens (tertiary/aromatic N) is 1. The van der Waals surface area contributed by atoms with E-state index in [1.54, 1.807) is 10.8 Å². The van der Waals surface area contributed by atoms with Gasteiger partial charge >= 0.3 is 12.1 Å². The highest BCUT2D eigenvalue weighted by atomic mass is 19.4. The van der Waals surface area contributed by atoms with Gasteiger partial charge in [-0.15, -0.1) is 0 Å². The maximum absolute atomic E-state index is 10.6. The van der Waals surface area contributed by atoms with Crippen molar-refractivity contribution >= 4 is 11.9 Å². The normalized spacial score (nSPS) is 10.5. The Kier molecular flexibility index (Phi) is 7.14. The summed E-state index contributed by atoms with van der Waals surface area (Å²) in [6.07, 6.45) is -1.41. The number of aryl methyl sites for hydroxylation is 1. The first kappa shape index (κ1) is 18.6. The van der Waals surface area contributed by atoms with Gasteiger partial charge in [0.05, 0.1) is 0 Å². The first-order chi connectivity index (χ1) is 9.59. The van der Waals surface area contributed by atoms with E-state index in [9.17, 15) is 23.1 Å². The Morgan fingerprint density at radius 1 is 1.38 bits per heavy atom. The third kappa shape index (κ3) is 7.11. The van der Waals surface area contributed by atoms with Crippen molar-refractivity contribution in [1.82, 2.24) is 0 Å². The van der Waals surface area contributed by atoms with Crippen molar-refractivity contribution in [2.75, 3.05) is 6.54 Å². The molecule has 0 aliphatic rings. The molecule has 1 heterocycles. The summed E-state index contributed by atoms with van der Waals surface area (Å²) in [5, 5.41) is 26.8. The lowest BCUT2D eigenvalue weighted by Crippen LogP contribution is -2.37. The molecule has 0 aromatic carbocycles. The molecule has 7 nitrogen and oxygen atoms in total. The summed E-state index contributed by atoms with van der Waals surface area (Å²) >= 11 is 0. The summed E-state index contributed by atoms with van der Waals surface area (Å²) < 4.78 is 33.3. The van der Waals surface area contributed by atoms with Gasteiger partial charge in [0.15, 0.2) is 11.9 Å². The average molecular weight is 310 g/mol. The molecule has 0 unspecified atom stereocenters. The minimum absolute atomic E-state index is 0.0889. The highest BCUT2D eigenvalue weighted by molar-refractivity contribution is 5.90. The molecule has 1 rings (SSSR count). The van der Waals surface area contributed by atoms with Crippen LogP contribution in [-0.4, -0.2) is 34.9 Å². The number of carboxylic acids is 2. The summed E-state index contributed by atoms with van der Waals surface area (Å²) in [6.45, 7) is 1.23. The number of carbonyl (C=O) groups is 2. The molecule has 4 N–H and O–H groups in total. The Balaban J connectivity index is 0.000000486. The molecular weight excluding hydrogens is 297 g/mol. The van der Waals surface area contributed by atoms with Crippen LogP contribution in [0.15, 0.2) is 18.5 Å². The Labute approximate surface area is 117 Å². The molecular formula is C11H13F3N2O5. The molecule has 1 aromatic heterocycles. The van der Waals surface area contributed by atoms with Gasteiger partial charge in [-0.25, -0.2) is 9.36 Å². The Hall–Kier alpha value is -2.36. The maximum Gasteiger partial charge on any atom is 0.430 e. The number of hydrogen-bond acceptors (Lipinski definition) is 5. The molecule has 21 heavy (non-hydrogen) atoms. The zero-order chi connectivity index (χ0) is 16.6. The lowest BCUT2D eigenvalue weighted by molar-refractivity contribution is -0.697. The van der Waals surface area contributed by atoms with E-state index < -0.39 is 18.1 Å². The second-order valence-electron chi connectivity index (χ2n) is 3.71. The summed E-state index contributed by atoms with van der Waals surface area (Å²) in [5.74, 6) is -4.36. The number of alkyl halides is 3. The number of nitrogens with two attached hydrogens (primary N) is 1. The Morgan fingerprint density at radius 2 is 1.90 bits per heavy atom. The number of hydrogen-bond donors (Lipinski definition) is 3. The van der Waals surface area contributed by atoms with E-state index in [-0.39, 0.29) is 11.3 Å². The van der Waals surface area contributed by atoms with Gasteiger partial charge in [0, 0.05) is 12.5 Å². The molecule has 0 saturated heterocycles. The van der Waals surface area contributed by atoms with E-state index in [4.69, 9.17) is 20.7 Å². The summed E-state index contributed by atoms with van der Waals surface area (Å²) in [6, 6.07) is 1.37. The van der Waals surface area contributed by atoms with Crippen LogP contribution in [0.25, 0.3) is 0 Å². The monoisotopic (exact) mass is 310 g/mol. The van der Waals surface area contributed by atoms with Gasteiger partial charge in [0.2, 0.25) is 6.20 Å². The molecule has 0 spiro atoms. The fourth-order valence-electron chi connectivity index (χ4n) is 1.12. The molecule has 0 fully saturated rings. The predicted octanol–water partition coefficient (Wildman–Crippen LogP) is -0.975. The second-order valence-corrected chi connectivity index (χ2v) is 3.71. The number of aliphatic carboxylic acids is 1. The number of carboxylic acid groups (broad SMARTS) is 2. The molecule has 0 amide bonds. The van der Waals surface area contributed by atoms with Crippen molar-refractivity contribution in [2.24, 2.45) is 5.73 Å². The number of carbonyl (C=O) groups excluding carboxylic acids is 1. The van der Waals surface area contributed by atoms with Crippen LogP contribution in [0.5, 0.6) is 5.75 Å². The fraction of sp³-hybridized carbons (Fsp3) is 0.364. The lowest BCUT2D eigenvalue weighted by atomic mass is 10.2. The molecule has 0 atom stereocenters. The largest absolute Gasteiger partial charge is 0.542 e. The quantitative estimate of drug-likeness (QED) is 0.614. The fourth-order valence-corrected chi connectivity index (χ4v) is 1.12. The van der Waals surface area contributed by atoms with E-state index in [0.717, 1.165) is 6.42 Å². The SMILES string of the molecule is NCCC[n+]1ccc(C(=O)O)c(O)c1.O=C([O-])C(F)(F)F. The van der Waals surface area contributed by atoms with Crippen LogP contribution in [-0.2, 0) is 11.3 Å². The van der Waals surface area contributed by atoms with Crippen molar-refractivity contribution in [3.63, 3.8) is 0 Å². The van der Waals surface area contributed by atoms with Crippen molar-refractivity contribution in [2.45, 2.75) is 19.1 Å². The van der Waals surface area contributed by atoms with Crippen LogP contribution < -0.4 is 15.4 Å². The predicted molar refractivity (Wildman–Crippen MR) is 60.0 cm³/mol. The maximum atomic E-state index is 10.6.